The van der Waals surface area contributed by atoms with E-state index in [9.17, 15) is 9.59 Å². The van der Waals surface area contributed by atoms with Gasteiger partial charge in [0, 0.05) is 29.6 Å². The number of pyridine rings is 1. The van der Waals surface area contributed by atoms with E-state index in [0.717, 1.165) is 5.56 Å². The molecule has 0 aliphatic carbocycles. The highest BCUT2D eigenvalue weighted by Gasteiger charge is 2.10. The minimum absolute atomic E-state index is 0.337. The third kappa shape index (κ3) is 4.86. The van der Waals surface area contributed by atoms with Crippen LogP contribution in [-0.4, -0.2) is 24.0 Å². The second-order valence-corrected chi connectivity index (χ2v) is 6.34. The molecule has 1 amide bonds. The average Bonchev–Trinajstić information content (AvgIpc) is 2.73. The molecule has 28 heavy (non-hydrogen) atoms. The summed E-state index contributed by atoms with van der Waals surface area (Å²) in [4.78, 5) is 28.3. The maximum Gasteiger partial charge on any atom is 0.337 e. The predicted octanol–water partition coefficient (Wildman–Crippen LogP) is 4.39. The molecule has 2 aromatic carbocycles. The fraction of sp³-hybridized carbons (Fsp3) is 0.0952. The fourth-order valence-electron chi connectivity index (χ4n) is 2.54. The number of nitrogens with zero attached hydrogens (tertiary/aromatic N) is 1. The van der Waals surface area contributed by atoms with Crippen LogP contribution in [0.15, 0.2) is 67.0 Å². The van der Waals surface area contributed by atoms with Gasteiger partial charge in [-0.3, -0.25) is 9.78 Å². The first-order valence-electron chi connectivity index (χ1n) is 8.49. The van der Waals surface area contributed by atoms with Gasteiger partial charge in [0.05, 0.1) is 23.9 Å². The number of rotatable bonds is 6. The van der Waals surface area contributed by atoms with Crippen LogP contribution in [0.5, 0.6) is 0 Å². The number of halogens is 1. The molecule has 7 heteroatoms. The molecule has 6 nitrogen and oxygen atoms in total. The van der Waals surface area contributed by atoms with E-state index in [0.29, 0.717) is 34.1 Å². The van der Waals surface area contributed by atoms with E-state index in [1.54, 1.807) is 36.5 Å². The van der Waals surface area contributed by atoms with Crippen molar-refractivity contribution in [1.29, 1.82) is 0 Å². The lowest BCUT2D eigenvalue weighted by molar-refractivity contribution is 0.0600. The zero-order valence-electron chi connectivity index (χ0n) is 15.1. The average molecular weight is 396 g/mol. The molecule has 3 aromatic rings. The Morgan fingerprint density at radius 2 is 1.79 bits per heavy atom. The van der Waals surface area contributed by atoms with Crippen LogP contribution in [0.25, 0.3) is 0 Å². The molecule has 1 aromatic heterocycles. The monoisotopic (exact) mass is 395 g/mol. The number of hydrogen-bond donors (Lipinski definition) is 2. The number of methoxy groups -OCH3 is 1. The molecule has 0 fully saturated rings. The molecule has 142 valence electrons. The number of nitrogens with one attached hydrogen (secondary N) is 2. The molecule has 3 rings (SSSR count). The summed E-state index contributed by atoms with van der Waals surface area (Å²) in [6.45, 7) is 0.508. The Hall–Kier alpha value is -3.38. The van der Waals surface area contributed by atoms with E-state index in [-0.39, 0.29) is 5.91 Å². The van der Waals surface area contributed by atoms with E-state index in [2.05, 4.69) is 20.4 Å². The summed E-state index contributed by atoms with van der Waals surface area (Å²) in [5.41, 5.74) is 2.86. The standard InChI is InChI=1S/C21H18ClN3O3/c1-28-21(27)14-6-4-7-17(9-14)25-20(26)16-10-18(13-23-11-16)24-12-15-5-2-3-8-19(15)22/h2-11,13,24H,12H2,1H3,(H,25,26). The van der Waals surface area contributed by atoms with E-state index in [1.807, 2.05) is 24.3 Å². The number of aromatic nitrogens is 1. The smallest absolute Gasteiger partial charge is 0.337 e. The third-order valence-corrected chi connectivity index (χ3v) is 4.35. The molecule has 0 aliphatic heterocycles. The number of ether oxygens (including phenoxy) is 1. The van der Waals surface area contributed by atoms with Crippen molar-refractivity contribution in [3.8, 4) is 0 Å². The molecule has 0 unspecified atom stereocenters. The van der Waals surface area contributed by atoms with E-state index in [4.69, 9.17) is 11.6 Å². The second-order valence-electron chi connectivity index (χ2n) is 5.93. The molecule has 0 saturated carbocycles. The lowest BCUT2D eigenvalue weighted by Crippen LogP contribution is -2.13. The Morgan fingerprint density at radius 1 is 1.00 bits per heavy atom. The van der Waals surface area contributed by atoms with Gasteiger partial charge >= 0.3 is 5.97 Å². The molecule has 0 atom stereocenters. The largest absolute Gasteiger partial charge is 0.465 e. The van der Waals surface area contributed by atoms with Gasteiger partial charge in [0.1, 0.15) is 0 Å². The summed E-state index contributed by atoms with van der Waals surface area (Å²) in [6.07, 6.45) is 3.10. The highest BCUT2D eigenvalue weighted by molar-refractivity contribution is 6.31. The summed E-state index contributed by atoms with van der Waals surface area (Å²) in [6, 6.07) is 15.7. The van der Waals surface area contributed by atoms with Crippen LogP contribution in [0.2, 0.25) is 5.02 Å². The number of benzene rings is 2. The van der Waals surface area contributed by atoms with Gasteiger partial charge in [0.15, 0.2) is 0 Å². The Labute approximate surface area is 167 Å². The summed E-state index contributed by atoms with van der Waals surface area (Å²) in [7, 11) is 1.31. The van der Waals surface area contributed by atoms with Crippen molar-refractivity contribution in [2.75, 3.05) is 17.7 Å². The highest BCUT2D eigenvalue weighted by atomic mass is 35.5. The Bertz CT molecular complexity index is 1010. The van der Waals surface area contributed by atoms with Crippen LogP contribution in [0.3, 0.4) is 0 Å². The number of hydrogen-bond acceptors (Lipinski definition) is 5. The molecule has 0 bridgehead atoms. The van der Waals surface area contributed by atoms with Crippen LogP contribution >= 0.6 is 11.6 Å². The first kappa shape index (κ1) is 19.4. The molecule has 0 aliphatic rings. The zero-order valence-corrected chi connectivity index (χ0v) is 15.9. The minimum atomic E-state index is -0.469. The molecule has 0 spiro atoms. The van der Waals surface area contributed by atoms with Crippen molar-refractivity contribution < 1.29 is 14.3 Å². The number of anilines is 2. The summed E-state index contributed by atoms with van der Waals surface area (Å²) >= 11 is 6.16. The Balaban J connectivity index is 1.69. The maximum absolute atomic E-state index is 12.5. The van der Waals surface area contributed by atoms with Gasteiger partial charge in [-0.25, -0.2) is 4.79 Å². The highest BCUT2D eigenvalue weighted by Crippen LogP contribution is 2.18. The normalized spacial score (nSPS) is 10.2. The quantitative estimate of drug-likeness (QED) is 0.605. The molecule has 2 N–H and O–H groups in total. The van der Waals surface area contributed by atoms with E-state index >= 15 is 0 Å². The van der Waals surface area contributed by atoms with Crippen molar-refractivity contribution in [2.45, 2.75) is 6.54 Å². The van der Waals surface area contributed by atoms with Crippen LogP contribution in [0, 0.1) is 0 Å². The number of amides is 1. The lowest BCUT2D eigenvalue weighted by Gasteiger charge is -2.10. The maximum atomic E-state index is 12.5. The first-order chi connectivity index (χ1) is 13.6. The second kappa shape index (κ2) is 9.01. The number of carbonyl (C=O) groups excluding carboxylic acids is 2. The number of esters is 1. The van der Waals surface area contributed by atoms with Gasteiger partial charge in [-0.05, 0) is 35.9 Å². The van der Waals surface area contributed by atoms with Crippen molar-refractivity contribution in [3.63, 3.8) is 0 Å². The summed E-state index contributed by atoms with van der Waals surface area (Å²) < 4.78 is 4.69. The van der Waals surface area contributed by atoms with Gasteiger partial charge in [-0.1, -0.05) is 35.9 Å². The van der Waals surface area contributed by atoms with Crippen molar-refractivity contribution in [3.05, 3.63) is 88.7 Å². The van der Waals surface area contributed by atoms with Gasteiger partial charge < -0.3 is 15.4 Å². The first-order valence-corrected chi connectivity index (χ1v) is 8.86. The van der Waals surface area contributed by atoms with Crippen LogP contribution in [0.1, 0.15) is 26.3 Å². The topological polar surface area (TPSA) is 80.3 Å². The molecular formula is C21H18ClN3O3. The Kier molecular flexibility index (Phi) is 6.24. The van der Waals surface area contributed by atoms with Gasteiger partial charge in [0.25, 0.3) is 5.91 Å². The van der Waals surface area contributed by atoms with Crippen LogP contribution in [0.4, 0.5) is 11.4 Å². The van der Waals surface area contributed by atoms with Crippen molar-refractivity contribution in [2.24, 2.45) is 0 Å². The molecule has 0 saturated heterocycles. The molecular weight excluding hydrogens is 378 g/mol. The fourth-order valence-corrected chi connectivity index (χ4v) is 2.75. The van der Waals surface area contributed by atoms with Crippen molar-refractivity contribution in [1.82, 2.24) is 4.98 Å². The summed E-state index contributed by atoms with van der Waals surface area (Å²) in [5.74, 6) is -0.806. The van der Waals surface area contributed by atoms with Crippen LogP contribution < -0.4 is 10.6 Å². The Morgan fingerprint density at radius 3 is 2.57 bits per heavy atom. The minimum Gasteiger partial charge on any atom is -0.465 e. The third-order valence-electron chi connectivity index (χ3n) is 3.98. The van der Waals surface area contributed by atoms with E-state index in [1.165, 1.54) is 13.3 Å². The lowest BCUT2D eigenvalue weighted by atomic mass is 10.2. The van der Waals surface area contributed by atoms with Crippen LogP contribution in [-0.2, 0) is 11.3 Å². The van der Waals surface area contributed by atoms with Crippen molar-refractivity contribution >= 4 is 34.9 Å². The molecule has 0 radical (unpaired) electrons. The van der Waals surface area contributed by atoms with Gasteiger partial charge in [0.2, 0.25) is 0 Å². The summed E-state index contributed by atoms with van der Waals surface area (Å²) in [5, 5.41) is 6.63. The van der Waals surface area contributed by atoms with Gasteiger partial charge in [-0.2, -0.15) is 0 Å². The zero-order chi connectivity index (χ0) is 19.9. The molecule has 1 heterocycles. The van der Waals surface area contributed by atoms with E-state index < -0.39 is 5.97 Å². The predicted molar refractivity (Wildman–Crippen MR) is 109 cm³/mol. The van der Waals surface area contributed by atoms with Gasteiger partial charge in [-0.15, -0.1) is 0 Å². The number of carbonyl (C=O) groups is 2. The SMILES string of the molecule is COC(=O)c1cccc(NC(=O)c2cncc(NCc3ccccc3Cl)c2)c1.